The van der Waals surface area contributed by atoms with Gasteiger partial charge in [-0.2, -0.15) is 0 Å². The van der Waals surface area contributed by atoms with Crippen LogP contribution < -0.4 is 10.6 Å². The zero-order valence-electron chi connectivity index (χ0n) is 17.6. The molecule has 0 radical (unpaired) electrons. The van der Waals surface area contributed by atoms with Gasteiger partial charge in [-0.05, 0) is 62.7 Å². The van der Waals surface area contributed by atoms with E-state index in [4.69, 9.17) is 0 Å². The van der Waals surface area contributed by atoms with Crippen LogP contribution in [0, 0.1) is 12.8 Å². The summed E-state index contributed by atoms with van der Waals surface area (Å²) in [6, 6.07) is 12.7. The van der Waals surface area contributed by atoms with Gasteiger partial charge in [0.15, 0.2) is 5.13 Å². The van der Waals surface area contributed by atoms with Crippen molar-refractivity contribution in [2.75, 3.05) is 17.2 Å². The normalized spacial score (nSPS) is 16.2. The molecule has 1 saturated heterocycles. The van der Waals surface area contributed by atoms with Gasteiger partial charge in [-0.25, -0.2) is 4.98 Å². The van der Waals surface area contributed by atoms with Gasteiger partial charge in [-0.15, -0.1) is 0 Å². The SMILES string of the molecule is Cc1ccc2nc(NC(=O)c3ccc(NC(=O)C4CC(=O)N(C(C)C)C4)cc3)sc2c1. The highest BCUT2D eigenvalue weighted by molar-refractivity contribution is 7.22. The Kier molecular flexibility index (Phi) is 5.73. The molecule has 7 nitrogen and oxygen atoms in total. The van der Waals surface area contributed by atoms with E-state index in [1.165, 1.54) is 11.3 Å². The fourth-order valence-electron chi connectivity index (χ4n) is 3.61. The molecule has 0 spiro atoms. The van der Waals surface area contributed by atoms with Crippen LogP contribution in [0.25, 0.3) is 10.2 Å². The van der Waals surface area contributed by atoms with E-state index in [2.05, 4.69) is 15.6 Å². The van der Waals surface area contributed by atoms with Gasteiger partial charge < -0.3 is 10.2 Å². The predicted molar refractivity (Wildman–Crippen MR) is 122 cm³/mol. The topological polar surface area (TPSA) is 91.4 Å². The van der Waals surface area contributed by atoms with E-state index in [1.807, 2.05) is 39.0 Å². The zero-order chi connectivity index (χ0) is 22.1. The van der Waals surface area contributed by atoms with E-state index in [1.54, 1.807) is 29.2 Å². The molecule has 3 amide bonds. The smallest absolute Gasteiger partial charge is 0.257 e. The number of anilines is 2. The number of hydrogen-bond acceptors (Lipinski definition) is 5. The second-order valence-electron chi connectivity index (χ2n) is 8.05. The molecular weight excluding hydrogens is 412 g/mol. The summed E-state index contributed by atoms with van der Waals surface area (Å²) in [5, 5.41) is 6.22. The van der Waals surface area contributed by atoms with Crippen LogP contribution in [-0.4, -0.2) is 40.2 Å². The number of thiazole rings is 1. The quantitative estimate of drug-likeness (QED) is 0.631. The third-order valence-corrected chi connectivity index (χ3v) is 6.27. The lowest BCUT2D eigenvalue weighted by Crippen LogP contribution is -2.33. The van der Waals surface area contributed by atoms with Crippen LogP contribution in [0.15, 0.2) is 42.5 Å². The number of aryl methyl sites for hydroxylation is 1. The summed E-state index contributed by atoms with van der Waals surface area (Å²) < 4.78 is 1.02. The molecule has 160 valence electrons. The molecule has 1 aliphatic rings. The standard InChI is InChI=1S/C23H24N4O3S/c1-13(2)27-12-16(11-20(27)28)22(30)24-17-7-5-15(6-8-17)21(29)26-23-25-18-9-4-14(3)10-19(18)31-23/h4-10,13,16H,11-12H2,1-3H3,(H,24,30)(H,25,26,29). The second kappa shape index (κ2) is 8.47. The van der Waals surface area contributed by atoms with Crippen molar-refractivity contribution >= 4 is 50.1 Å². The first kappa shape index (κ1) is 21.0. The maximum Gasteiger partial charge on any atom is 0.257 e. The average Bonchev–Trinajstić information content (AvgIpc) is 3.31. The molecule has 1 atom stereocenters. The van der Waals surface area contributed by atoms with Gasteiger partial charge in [0.05, 0.1) is 16.1 Å². The number of likely N-dealkylation sites (tertiary alicyclic amines) is 1. The van der Waals surface area contributed by atoms with Crippen LogP contribution in [0.4, 0.5) is 10.8 Å². The summed E-state index contributed by atoms with van der Waals surface area (Å²) in [6.07, 6.45) is 0.228. The Balaban J connectivity index is 1.37. The molecule has 2 aromatic carbocycles. The van der Waals surface area contributed by atoms with Crippen molar-refractivity contribution in [3.05, 3.63) is 53.6 Å². The van der Waals surface area contributed by atoms with Crippen molar-refractivity contribution in [2.24, 2.45) is 5.92 Å². The maximum atomic E-state index is 12.6. The van der Waals surface area contributed by atoms with Gasteiger partial charge in [-0.1, -0.05) is 17.4 Å². The number of hydrogen-bond donors (Lipinski definition) is 2. The Morgan fingerprint density at radius 2 is 1.87 bits per heavy atom. The minimum Gasteiger partial charge on any atom is -0.339 e. The van der Waals surface area contributed by atoms with Crippen LogP contribution in [0.1, 0.15) is 36.2 Å². The van der Waals surface area contributed by atoms with Gasteiger partial charge in [0.2, 0.25) is 11.8 Å². The predicted octanol–water partition coefficient (Wildman–Crippen LogP) is 4.05. The van der Waals surface area contributed by atoms with Crippen molar-refractivity contribution in [3.63, 3.8) is 0 Å². The van der Waals surface area contributed by atoms with Crippen LogP contribution in [0.3, 0.4) is 0 Å². The number of carbonyl (C=O) groups excluding carboxylic acids is 3. The lowest BCUT2D eigenvalue weighted by Gasteiger charge is -2.20. The van der Waals surface area contributed by atoms with Gasteiger partial charge in [0.1, 0.15) is 0 Å². The monoisotopic (exact) mass is 436 g/mol. The highest BCUT2D eigenvalue weighted by atomic mass is 32.1. The number of nitrogens with one attached hydrogen (secondary N) is 2. The number of rotatable bonds is 5. The van der Waals surface area contributed by atoms with Gasteiger partial charge in [-0.3, -0.25) is 19.7 Å². The molecular formula is C23H24N4O3S. The van der Waals surface area contributed by atoms with E-state index in [0.717, 1.165) is 15.8 Å². The van der Waals surface area contributed by atoms with E-state index in [0.29, 0.717) is 22.9 Å². The molecule has 1 unspecified atom stereocenters. The Bertz CT molecular complexity index is 1150. The Hall–Kier alpha value is -3.26. The first-order chi connectivity index (χ1) is 14.8. The average molecular weight is 437 g/mol. The van der Waals surface area contributed by atoms with Crippen molar-refractivity contribution in [1.29, 1.82) is 0 Å². The molecule has 1 aliphatic heterocycles. The fraction of sp³-hybridized carbons (Fsp3) is 0.304. The Morgan fingerprint density at radius 3 is 2.55 bits per heavy atom. The third kappa shape index (κ3) is 4.59. The minimum absolute atomic E-state index is 0.00665. The molecule has 1 fully saturated rings. The minimum atomic E-state index is -0.361. The van der Waals surface area contributed by atoms with Crippen LogP contribution >= 0.6 is 11.3 Å². The first-order valence-electron chi connectivity index (χ1n) is 10.2. The van der Waals surface area contributed by atoms with Crippen molar-refractivity contribution in [2.45, 2.75) is 33.2 Å². The van der Waals surface area contributed by atoms with Crippen molar-refractivity contribution < 1.29 is 14.4 Å². The fourth-order valence-corrected chi connectivity index (χ4v) is 4.57. The zero-order valence-corrected chi connectivity index (χ0v) is 18.5. The lowest BCUT2D eigenvalue weighted by atomic mass is 10.1. The highest BCUT2D eigenvalue weighted by Crippen LogP contribution is 2.27. The van der Waals surface area contributed by atoms with Gasteiger partial charge in [0.25, 0.3) is 5.91 Å². The first-order valence-corrected chi connectivity index (χ1v) is 11.0. The molecule has 0 bridgehead atoms. The number of carbonyl (C=O) groups is 3. The number of nitrogens with zero attached hydrogens (tertiary/aromatic N) is 2. The molecule has 4 rings (SSSR count). The molecule has 0 aliphatic carbocycles. The van der Waals surface area contributed by atoms with Crippen molar-refractivity contribution in [1.82, 2.24) is 9.88 Å². The van der Waals surface area contributed by atoms with E-state index in [-0.39, 0.29) is 36.1 Å². The maximum absolute atomic E-state index is 12.6. The lowest BCUT2D eigenvalue weighted by molar-refractivity contribution is -0.129. The Morgan fingerprint density at radius 1 is 1.13 bits per heavy atom. The second-order valence-corrected chi connectivity index (χ2v) is 9.08. The molecule has 3 aromatic rings. The molecule has 31 heavy (non-hydrogen) atoms. The summed E-state index contributed by atoms with van der Waals surface area (Å²) >= 11 is 1.43. The van der Waals surface area contributed by atoms with E-state index < -0.39 is 0 Å². The van der Waals surface area contributed by atoms with Crippen molar-refractivity contribution in [3.8, 4) is 0 Å². The summed E-state index contributed by atoms with van der Waals surface area (Å²) in [5.74, 6) is -0.797. The van der Waals surface area contributed by atoms with Gasteiger partial charge >= 0.3 is 0 Å². The molecule has 8 heteroatoms. The van der Waals surface area contributed by atoms with E-state index >= 15 is 0 Å². The summed E-state index contributed by atoms with van der Waals surface area (Å²) in [7, 11) is 0. The van der Waals surface area contributed by atoms with E-state index in [9.17, 15) is 14.4 Å². The molecule has 1 aromatic heterocycles. The number of amides is 3. The van der Waals surface area contributed by atoms with Crippen LogP contribution in [-0.2, 0) is 9.59 Å². The highest BCUT2D eigenvalue weighted by Gasteiger charge is 2.35. The summed E-state index contributed by atoms with van der Waals surface area (Å²) in [6.45, 7) is 6.34. The summed E-state index contributed by atoms with van der Waals surface area (Å²) in [4.78, 5) is 43.3. The number of fused-ring (bicyclic) bond motifs is 1. The third-order valence-electron chi connectivity index (χ3n) is 5.33. The molecule has 2 heterocycles. The molecule has 2 N–H and O–H groups in total. The van der Waals surface area contributed by atoms with Gasteiger partial charge in [0, 0.05) is 30.3 Å². The largest absolute Gasteiger partial charge is 0.339 e. The summed E-state index contributed by atoms with van der Waals surface area (Å²) in [5.41, 5.74) is 3.05. The molecule has 0 saturated carbocycles. The Labute approximate surface area is 184 Å². The van der Waals surface area contributed by atoms with Crippen LogP contribution in [0.2, 0.25) is 0 Å². The van der Waals surface area contributed by atoms with Crippen LogP contribution in [0.5, 0.6) is 0 Å². The number of benzene rings is 2. The number of aromatic nitrogens is 1.